The lowest BCUT2D eigenvalue weighted by Gasteiger charge is -2.14. The third kappa shape index (κ3) is 11.0. The average molecular weight is 273 g/mol. The van der Waals surface area contributed by atoms with Crippen molar-refractivity contribution in [3.05, 3.63) is 0 Å². The van der Waals surface area contributed by atoms with E-state index < -0.39 is 12.0 Å². The van der Waals surface area contributed by atoms with Crippen molar-refractivity contribution in [2.75, 3.05) is 19.6 Å². The molecule has 1 atom stereocenters. The second-order valence-electron chi connectivity index (χ2n) is 3.88. The maximum atomic E-state index is 11.0. The summed E-state index contributed by atoms with van der Waals surface area (Å²) < 4.78 is 0. The Kier molecular flexibility index (Phi) is 10.1. The molecule has 0 unspecified atom stereocenters. The van der Waals surface area contributed by atoms with Crippen molar-refractivity contribution < 1.29 is 9.90 Å². The van der Waals surface area contributed by atoms with Crippen LogP contribution in [0.25, 0.3) is 0 Å². The largest absolute Gasteiger partial charge is 0.480 e. The molecule has 0 rings (SSSR count). The summed E-state index contributed by atoms with van der Waals surface area (Å²) in [5, 5.41) is 21.6. The molecule has 0 aromatic heterocycles. The number of hydrogen-bond acceptors (Lipinski definition) is 5. The number of nitrogens with one attached hydrogen (secondary N) is 4. The van der Waals surface area contributed by atoms with Gasteiger partial charge in [-0.2, -0.15) is 0 Å². The van der Waals surface area contributed by atoms with E-state index >= 15 is 0 Å². The highest BCUT2D eigenvalue weighted by atomic mass is 16.4. The summed E-state index contributed by atoms with van der Waals surface area (Å²) in [5.74, 6) is 4.01. The standard InChI is InChI=1S/C10H23N7O2/c11-10(12)16-5-1-3-8(9(18)19)15-6-2-4-14-7-17-13/h7-8,15H,1-6,13H2,(H,14,17)(H,18,19)(H4,11,12,16)/t8-/m0/s1. The molecule has 0 spiro atoms. The zero-order valence-electron chi connectivity index (χ0n) is 10.9. The van der Waals surface area contributed by atoms with E-state index in [1.165, 1.54) is 6.34 Å². The van der Waals surface area contributed by atoms with Crippen LogP contribution in [0.4, 0.5) is 0 Å². The number of rotatable bonds is 11. The molecule has 0 aliphatic heterocycles. The Hall–Kier alpha value is -1.87. The Balaban J connectivity index is 3.71. The van der Waals surface area contributed by atoms with E-state index in [2.05, 4.69) is 21.1 Å². The second kappa shape index (κ2) is 11.2. The third-order valence-corrected chi connectivity index (χ3v) is 2.30. The quantitative estimate of drug-likeness (QED) is 0.0765. The van der Waals surface area contributed by atoms with Crippen molar-refractivity contribution >= 4 is 18.3 Å². The van der Waals surface area contributed by atoms with E-state index in [1.54, 1.807) is 0 Å². The minimum atomic E-state index is -0.880. The van der Waals surface area contributed by atoms with Crippen molar-refractivity contribution in [1.29, 1.82) is 5.41 Å². The van der Waals surface area contributed by atoms with Gasteiger partial charge in [-0.3, -0.25) is 15.2 Å². The van der Waals surface area contributed by atoms with Crippen LogP contribution in [-0.4, -0.2) is 49.1 Å². The lowest BCUT2D eigenvalue weighted by Crippen LogP contribution is -2.38. The third-order valence-electron chi connectivity index (χ3n) is 2.30. The minimum absolute atomic E-state index is 0.105. The number of aliphatic carboxylic acids is 1. The molecule has 0 aliphatic carbocycles. The topological polar surface area (TPSA) is 162 Å². The number of hydrogen-bond donors (Lipinski definition) is 7. The Labute approximate surface area is 112 Å². The Bertz CT molecular complexity index is 296. The molecule has 0 saturated heterocycles. The van der Waals surface area contributed by atoms with Gasteiger partial charge in [0.1, 0.15) is 6.04 Å². The Morgan fingerprint density at radius 3 is 2.74 bits per heavy atom. The zero-order chi connectivity index (χ0) is 14.5. The van der Waals surface area contributed by atoms with Crippen LogP contribution in [0.5, 0.6) is 0 Å². The number of aliphatic imine (C=N–C) groups is 1. The summed E-state index contributed by atoms with van der Waals surface area (Å²) >= 11 is 0. The molecule has 0 saturated carbocycles. The molecule has 9 heteroatoms. The normalized spacial score (nSPS) is 12.3. The van der Waals surface area contributed by atoms with Gasteiger partial charge in [0.25, 0.3) is 0 Å². The Morgan fingerprint density at radius 2 is 2.16 bits per heavy atom. The van der Waals surface area contributed by atoms with Gasteiger partial charge in [0, 0.05) is 13.1 Å². The summed E-state index contributed by atoms with van der Waals surface area (Å²) in [7, 11) is 0. The molecule has 9 N–H and O–H groups in total. The number of carbonyl (C=O) groups is 1. The highest BCUT2D eigenvalue weighted by Crippen LogP contribution is 1.97. The molecule has 0 radical (unpaired) electrons. The number of hydrazine groups is 1. The summed E-state index contributed by atoms with van der Waals surface area (Å²) in [6.07, 6.45) is 3.22. The smallest absolute Gasteiger partial charge is 0.320 e. The molecule has 19 heavy (non-hydrogen) atoms. The predicted octanol–water partition coefficient (Wildman–Crippen LogP) is -1.83. The molecule has 110 valence electrons. The molecule has 9 nitrogen and oxygen atoms in total. The summed E-state index contributed by atoms with van der Waals surface area (Å²) in [6, 6.07) is -0.592. The van der Waals surface area contributed by atoms with E-state index in [0.29, 0.717) is 32.5 Å². The van der Waals surface area contributed by atoms with E-state index in [0.717, 1.165) is 6.42 Å². The van der Waals surface area contributed by atoms with Gasteiger partial charge >= 0.3 is 5.97 Å². The van der Waals surface area contributed by atoms with Crippen molar-refractivity contribution in [3.63, 3.8) is 0 Å². The summed E-state index contributed by atoms with van der Waals surface area (Å²) in [4.78, 5) is 14.9. The first-order valence-corrected chi connectivity index (χ1v) is 6.06. The zero-order valence-corrected chi connectivity index (χ0v) is 10.9. The highest BCUT2D eigenvalue weighted by Gasteiger charge is 2.15. The molecule has 0 heterocycles. The number of guanidine groups is 1. The van der Waals surface area contributed by atoms with Crippen molar-refractivity contribution in [2.24, 2.45) is 16.6 Å². The van der Waals surface area contributed by atoms with Crippen LogP contribution in [0.3, 0.4) is 0 Å². The first-order chi connectivity index (χ1) is 9.07. The molecule has 0 amide bonds. The predicted molar refractivity (Wildman–Crippen MR) is 73.9 cm³/mol. The van der Waals surface area contributed by atoms with Gasteiger partial charge < -0.3 is 26.9 Å². The van der Waals surface area contributed by atoms with E-state index in [-0.39, 0.29) is 5.96 Å². The number of carboxylic acid groups (broad SMARTS) is 1. The SMILES string of the molecule is N=C(N)NCCC[C@H](NCCCN=CNN)C(=O)O. The van der Waals surface area contributed by atoms with Crippen LogP contribution in [0.15, 0.2) is 4.99 Å². The van der Waals surface area contributed by atoms with Crippen LogP contribution in [-0.2, 0) is 4.79 Å². The number of nitrogens with zero attached hydrogens (tertiary/aromatic N) is 1. The first-order valence-electron chi connectivity index (χ1n) is 6.06. The van der Waals surface area contributed by atoms with Gasteiger partial charge in [-0.15, -0.1) is 0 Å². The molecular formula is C10H23N7O2. The maximum absolute atomic E-state index is 11.0. The first kappa shape index (κ1) is 17.1. The second-order valence-corrected chi connectivity index (χ2v) is 3.88. The molecule has 0 fully saturated rings. The lowest BCUT2D eigenvalue weighted by molar-refractivity contribution is -0.139. The summed E-state index contributed by atoms with van der Waals surface area (Å²) in [6.45, 7) is 1.64. The van der Waals surface area contributed by atoms with E-state index in [4.69, 9.17) is 22.1 Å². The summed E-state index contributed by atoms with van der Waals surface area (Å²) in [5.41, 5.74) is 7.41. The molecular weight excluding hydrogens is 250 g/mol. The van der Waals surface area contributed by atoms with Gasteiger partial charge in [-0.05, 0) is 25.8 Å². The molecule has 0 aliphatic rings. The molecule has 0 aromatic rings. The van der Waals surface area contributed by atoms with Gasteiger partial charge in [0.15, 0.2) is 5.96 Å². The fourth-order valence-electron chi connectivity index (χ4n) is 1.41. The number of carboxylic acids is 1. The average Bonchev–Trinajstić information content (AvgIpc) is 2.35. The van der Waals surface area contributed by atoms with Gasteiger partial charge in [-0.25, -0.2) is 5.84 Å². The fourth-order valence-corrected chi connectivity index (χ4v) is 1.41. The van der Waals surface area contributed by atoms with Crippen LogP contribution < -0.4 is 27.6 Å². The van der Waals surface area contributed by atoms with Crippen LogP contribution in [0.1, 0.15) is 19.3 Å². The Morgan fingerprint density at radius 1 is 1.42 bits per heavy atom. The lowest BCUT2D eigenvalue weighted by atomic mass is 10.1. The van der Waals surface area contributed by atoms with E-state index in [9.17, 15) is 4.79 Å². The van der Waals surface area contributed by atoms with Crippen LogP contribution >= 0.6 is 0 Å². The van der Waals surface area contributed by atoms with Crippen molar-refractivity contribution in [1.82, 2.24) is 16.1 Å². The van der Waals surface area contributed by atoms with Crippen LogP contribution in [0.2, 0.25) is 0 Å². The van der Waals surface area contributed by atoms with Gasteiger partial charge in [0.05, 0.1) is 6.34 Å². The van der Waals surface area contributed by atoms with Crippen molar-refractivity contribution in [3.8, 4) is 0 Å². The highest BCUT2D eigenvalue weighted by molar-refractivity contribution is 5.74. The van der Waals surface area contributed by atoms with Crippen LogP contribution in [0, 0.1) is 5.41 Å². The molecule has 0 bridgehead atoms. The number of nitrogens with two attached hydrogens (primary N) is 2. The van der Waals surface area contributed by atoms with E-state index in [1.807, 2.05) is 0 Å². The monoisotopic (exact) mass is 273 g/mol. The van der Waals surface area contributed by atoms with Gasteiger partial charge in [0.2, 0.25) is 0 Å². The maximum Gasteiger partial charge on any atom is 0.320 e. The fraction of sp³-hybridized carbons (Fsp3) is 0.700. The minimum Gasteiger partial charge on any atom is -0.480 e. The molecule has 0 aromatic carbocycles. The van der Waals surface area contributed by atoms with Crippen molar-refractivity contribution in [2.45, 2.75) is 25.3 Å². The van der Waals surface area contributed by atoms with Gasteiger partial charge in [-0.1, -0.05) is 0 Å².